The van der Waals surface area contributed by atoms with Crippen molar-refractivity contribution in [2.45, 2.75) is 17.2 Å². The predicted molar refractivity (Wildman–Crippen MR) is 101 cm³/mol. The van der Waals surface area contributed by atoms with Crippen LogP contribution >= 0.6 is 23.2 Å². The van der Waals surface area contributed by atoms with Crippen molar-refractivity contribution < 1.29 is 8.42 Å². The monoisotopic (exact) mass is 410 g/mol. The summed E-state index contributed by atoms with van der Waals surface area (Å²) < 4.78 is 29.3. The first-order chi connectivity index (χ1) is 12.4. The van der Waals surface area contributed by atoms with Crippen LogP contribution in [-0.4, -0.2) is 40.3 Å². The number of imidazole rings is 1. The van der Waals surface area contributed by atoms with Crippen LogP contribution in [0.1, 0.15) is 18.2 Å². The Balaban J connectivity index is 1.64. The number of pyridine rings is 1. The fraction of sp³-hybridized carbons (Fsp3) is 0.294. The van der Waals surface area contributed by atoms with E-state index in [2.05, 4.69) is 9.97 Å². The Morgan fingerprint density at radius 2 is 1.92 bits per heavy atom. The summed E-state index contributed by atoms with van der Waals surface area (Å²) in [6.07, 6.45) is 4.18. The summed E-state index contributed by atoms with van der Waals surface area (Å²) in [7, 11) is -1.72. The topological polar surface area (TPSA) is 68.1 Å². The predicted octanol–water partition coefficient (Wildman–Crippen LogP) is 3.45. The summed E-state index contributed by atoms with van der Waals surface area (Å²) in [5, 5.41) is 0.601. The van der Waals surface area contributed by atoms with E-state index in [1.54, 1.807) is 12.4 Å². The molecule has 1 aliphatic heterocycles. The van der Waals surface area contributed by atoms with E-state index in [0.29, 0.717) is 29.6 Å². The van der Waals surface area contributed by atoms with Crippen molar-refractivity contribution in [1.82, 2.24) is 18.8 Å². The van der Waals surface area contributed by atoms with Crippen molar-refractivity contribution in [3.05, 3.63) is 52.5 Å². The van der Waals surface area contributed by atoms with Crippen molar-refractivity contribution >= 4 is 44.3 Å². The van der Waals surface area contributed by atoms with Crippen molar-refractivity contribution in [3.8, 4) is 0 Å². The maximum atomic E-state index is 12.9. The van der Waals surface area contributed by atoms with Crippen LogP contribution in [-0.2, 0) is 17.1 Å². The SMILES string of the molecule is Cn1c(C2CCN(S(=O)(=O)c3cc(Cl)cc(Cl)c3)C2)nc2ccncc21. The third kappa shape index (κ3) is 2.99. The smallest absolute Gasteiger partial charge is 0.243 e. The fourth-order valence-electron chi connectivity index (χ4n) is 3.40. The molecule has 0 saturated carbocycles. The molecule has 26 heavy (non-hydrogen) atoms. The Hall–Kier alpha value is -1.67. The number of rotatable bonds is 3. The molecular formula is C17H16Cl2N4O2S. The van der Waals surface area contributed by atoms with E-state index in [0.717, 1.165) is 16.9 Å². The minimum Gasteiger partial charge on any atom is -0.330 e. The van der Waals surface area contributed by atoms with Crippen LogP contribution in [0.4, 0.5) is 0 Å². The highest BCUT2D eigenvalue weighted by molar-refractivity contribution is 7.89. The summed E-state index contributed by atoms with van der Waals surface area (Å²) in [5.74, 6) is 0.895. The van der Waals surface area contributed by atoms with Gasteiger partial charge in [0.1, 0.15) is 5.82 Å². The summed E-state index contributed by atoms with van der Waals surface area (Å²) in [6.45, 7) is 0.801. The number of fused-ring (bicyclic) bond motifs is 1. The van der Waals surface area contributed by atoms with Gasteiger partial charge >= 0.3 is 0 Å². The highest BCUT2D eigenvalue weighted by atomic mass is 35.5. The molecule has 2 aromatic heterocycles. The zero-order valence-corrected chi connectivity index (χ0v) is 16.3. The number of benzene rings is 1. The summed E-state index contributed by atoms with van der Waals surface area (Å²) in [4.78, 5) is 8.92. The normalized spacial score (nSPS) is 18.7. The van der Waals surface area contributed by atoms with Gasteiger partial charge in [0.25, 0.3) is 0 Å². The molecule has 0 bridgehead atoms. The van der Waals surface area contributed by atoms with Gasteiger partial charge in [0.15, 0.2) is 0 Å². The van der Waals surface area contributed by atoms with Gasteiger partial charge in [-0.15, -0.1) is 0 Å². The summed E-state index contributed by atoms with van der Waals surface area (Å²) in [5.41, 5.74) is 1.80. The number of nitrogens with zero attached hydrogens (tertiary/aromatic N) is 4. The highest BCUT2D eigenvalue weighted by Gasteiger charge is 2.35. The van der Waals surface area contributed by atoms with Crippen molar-refractivity contribution in [1.29, 1.82) is 0 Å². The molecular weight excluding hydrogens is 395 g/mol. The van der Waals surface area contributed by atoms with Gasteiger partial charge in [0.2, 0.25) is 10.0 Å². The molecule has 3 heterocycles. The molecule has 0 aliphatic carbocycles. The van der Waals surface area contributed by atoms with Gasteiger partial charge in [0, 0.05) is 42.3 Å². The van der Waals surface area contributed by atoms with Crippen molar-refractivity contribution in [2.24, 2.45) is 7.05 Å². The van der Waals surface area contributed by atoms with E-state index >= 15 is 0 Å². The third-order valence-corrected chi connectivity index (χ3v) is 6.99. The lowest BCUT2D eigenvalue weighted by Crippen LogP contribution is -2.29. The Bertz CT molecular complexity index is 1080. The molecule has 1 unspecified atom stereocenters. The van der Waals surface area contributed by atoms with E-state index < -0.39 is 10.0 Å². The van der Waals surface area contributed by atoms with Gasteiger partial charge < -0.3 is 4.57 Å². The number of sulfonamides is 1. The first-order valence-electron chi connectivity index (χ1n) is 8.09. The largest absolute Gasteiger partial charge is 0.330 e. The lowest BCUT2D eigenvalue weighted by Gasteiger charge is -2.17. The van der Waals surface area contributed by atoms with E-state index in [1.165, 1.54) is 22.5 Å². The molecule has 0 radical (unpaired) electrons. The molecule has 0 amide bonds. The first-order valence-corrected chi connectivity index (χ1v) is 10.3. The minimum atomic E-state index is -3.65. The molecule has 9 heteroatoms. The Morgan fingerprint density at radius 3 is 2.62 bits per heavy atom. The molecule has 0 spiro atoms. The second-order valence-corrected chi connectivity index (χ2v) is 9.16. The lowest BCUT2D eigenvalue weighted by molar-refractivity contribution is 0.470. The Kier molecular flexibility index (Phi) is 4.43. The minimum absolute atomic E-state index is 0.0248. The molecule has 0 N–H and O–H groups in total. The maximum Gasteiger partial charge on any atom is 0.243 e. The second-order valence-electron chi connectivity index (χ2n) is 6.35. The quantitative estimate of drug-likeness (QED) is 0.662. The average molecular weight is 411 g/mol. The van der Waals surface area contributed by atoms with E-state index in [4.69, 9.17) is 23.2 Å². The highest BCUT2D eigenvalue weighted by Crippen LogP contribution is 2.33. The van der Waals surface area contributed by atoms with Crippen LogP contribution in [0.15, 0.2) is 41.6 Å². The molecule has 1 aromatic carbocycles. The lowest BCUT2D eigenvalue weighted by atomic mass is 10.1. The van der Waals surface area contributed by atoms with Crippen LogP contribution in [0.3, 0.4) is 0 Å². The van der Waals surface area contributed by atoms with Gasteiger partial charge in [-0.25, -0.2) is 13.4 Å². The van der Waals surface area contributed by atoms with Gasteiger partial charge in [-0.3, -0.25) is 4.98 Å². The molecule has 1 aliphatic rings. The second kappa shape index (κ2) is 6.49. The van der Waals surface area contributed by atoms with Crippen LogP contribution in [0.5, 0.6) is 0 Å². The van der Waals surface area contributed by atoms with Crippen molar-refractivity contribution in [3.63, 3.8) is 0 Å². The zero-order valence-electron chi connectivity index (χ0n) is 13.9. The molecule has 3 aromatic rings. The van der Waals surface area contributed by atoms with E-state index in [1.807, 2.05) is 17.7 Å². The Morgan fingerprint density at radius 1 is 1.19 bits per heavy atom. The van der Waals surface area contributed by atoms with Crippen LogP contribution in [0.2, 0.25) is 10.0 Å². The van der Waals surface area contributed by atoms with Gasteiger partial charge in [-0.2, -0.15) is 4.31 Å². The van der Waals surface area contributed by atoms with Crippen LogP contribution in [0, 0.1) is 0 Å². The third-order valence-electron chi connectivity index (χ3n) is 4.71. The molecule has 4 rings (SSSR count). The summed E-state index contributed by atoms with van der Waals surface area (Å²) in [6, 6.07) is 6.23. The van der Waals surface area contributed by atoms with Gasteiger partial charge in [-0.1, -0.05) is 23.2 Å². The van der Waals surface area contributed by atoms with Gasteiger partial charge in [0.05, 0.1) is 22.1 Å². The fourth-order valence-corrected chi connectivity index (χ4v) is 5.63. The molecule has 1 atom stereocenters. The standard InChI is InChI=1S/C17H16Cl2N4O2S/c1-22-16-9-20-4-2-15(16)21-17(22)11-3-5-23(10-11)26(24,25)14-7-12(18)6-13(19)8-14/h2,4,6-9,11H,3,5,10H2,1H3. The molecule has 1 saturated heterocycles. The van der Waals surface area contributed by atoms with Crippen LogP contribution in [0.25, 0.3) is 11.0 Å². The van der Waals surface area contributed by atoms with Crippen LogP contribution < -0.4 is 0 Å². The van der Waals surface area contributed by atoms with Crippen molar-refractivity contribution in [2.75, 3.05) is 13.1 Å². The average Bonchev–Trinajstić information content (AvgIpc) is 3.20. The van der Waals surface area contributed by atoms with Gasteiger partial charge in [-0.05, 0) is 30.7 Å². The molecule has 136 valence electrons. The number of hydrogen-bond donors (Lipinski definition) is 0. The number of aryl methyl sites for hydroxylation is 1. The number of halogens is 2. The molecule has 6 nitrogen and oxygen atoms in total. The number of hydrogen-bond acceptors (Lipinski definition) is 4. The molecule has 1 fully saturated rings. The zero-order chi connectivity index (χ0) is 18.5. The van der Waals surface area contributed by atoms with E-state index in [-0.39, 0.29) is 10.8 Å². The summed E-state index contributed by atoms with van der Waals surface area (Å²) >= 11 is 11.9. The Labute approximate surface area is 161 Å². The maximum absolute atomic E-state index is 12.9. The number of aromatic nitrogens is 3. The van der Waals surface area contributed by atoms with E-state index in [9.17, 15) is 8.42 Å². The first kappa shape index (κ1) is 17.7.